The summed E-state index contributed by atoms with van der Waals surface area (Å²) in [7, 11) is 2.15. The zero-order valence-corrected chi connectivity index (χ0v) is 14.2. The molecule has 0 amide bonds. The minimum atomic E-state index is -0.102. The molecule has 0 N–H and O–H groups in total. The molecule has 0 aromatic heterocycles. The summed E-state index contributed by atoms with van der Waals surface area (Å²) in [4.78, 5) is 2.34. The van der Waals surface area contributed by atoms with E-state index >= 15 is 0 Å². The van der Waals surface area contributed by atoms with Gasteiger partial charge in [0.25, 0.3) is 0 Å². The normalized spacial score (nSPS) is 28.5. The van der Waals surface area contributed by atoms with E-state index in [0.29, 0.717) is 5.92 Å². The molecule has 22 heavy (non-hydrogen) atoms. The van der Waals surface area contributed by atoms with Gasteiger partial charge in [-0.2, -0.15) is 0 Å². The van der Waals surface area contributed by atoms with Crippen molar-refractivity contribution in [3.8, 4) is 0 Å². The predicted octanol–water partition coefficient (Wildman–Crippen LogP) is 5.14. The summed E-state index contributed by atoms with van der Waals surface area (Å²) in [6, 6.07) is 5.15. The topological polar surface area (TPSA) is 3.24 Å². The second-order valence-corrected chi connectivity index (χ2v) is 7.70. The Morgan fingerprint density at radius 1 is 0.955 bits per heavy atom. The fraction of sp³-hybridized carbons (Fsp3) is 0.700. The molecule has 0 atom stereocenters. The second-order valence-electron chi connectivity index (χ2n) is 7.70. The van der Waals surface area contributed by atoms with Crippen LogP contribution in [0, 0.1) is 24.6 Å². The average molecular weight is 303 g/mol. The number of hydrogen-bond donors (Lipinski definition) is 0. The Balaban J connectivity index is 0.000000169. The van der Waals surface area contributed by atoms with Crippen molar-refractivity contribution in [2.24, 2.45) is 11.8 Å². The van der Waals surface area contributed by atoms with Crippen LogP contribution in [0.25, 0.3) is 0 Å². The Morgan fingerprint density at radius 3 is 2.05 bits per heavy atom. The summed E-state index contributed by atoms with van der Waals surface area (Å²) in [6.45, 7) is 4.33. The highest BCUT2D eigenvalue weighted by Gasteiger charge is 2.30. The molecule has 1 aromatic carbocycles. The molecular formula is C20H30FN. The van der Waals surface area contributed by atoms with Crippen LogP contribution in [0.4, 0.5) is 4.39 Å². The summed E-state index contributed by atoms with van der Waals surface area (Å²) in [6.07, 6.45) is 10.1. The molecule has 0 radical (unpaired) electrons. The molecule has 1 aromatic rings. The summed E-state index contributed by atoms with van der Waals surface area (Å²) >= 11 is 0. The van der Waals surface area contributed by atoms with Gasteiger partial charge in [0.2, 0.25) is 0 Å². The van der Waals surface area contributed by atoms with E-state index in [1.807, 2.05) is 6.07 Å². The lowest BCUT2D eigenvalue weighted by Gasteiger charge is -2.30. The molecule has 1 heterocycles. The van der Waals surface area contributed by atoms with Gasteiger partial charge in [-0.25, -0.2) is 4.39 Å². The van der Waals surface area contributed by atoms with Crippen LogP contribution in [0.3, 0.4) is 0 Å². The van der Waals surface area contributed by atoms with Crippen molar-refractivity contribution in [1.82, 2.24) is 4.90 Å². The molecule has 3 fully saturated rings. The number of hydrogen-bond acceptors (Lipinski definition) is 1. The summed E-state index contributed by atoms with van der Waals surface area (Å²) in [5.74, 6) is 2.79. The van der Waals surface area contributed by atoms with Crippen LogP contribution in [0.1, 0.15) is 62.0 Å². The van der Waals surface area contributed by atoms with E-state index in [0.717, 1.165) is 25.9 Å². The first-order valence-corrected chi connectivity index (χ1v) is 9.06. The number of benzene rings is 1. The molecule has 1 saturated heterocycles. The number of rotatable bonds is 1. The molecule has 3 aliphatic rings. The molecule has 4 rings (SSSR count). The van der Waals surface area contributed by atoms with Crippen LogP contribution in [-0.2, 0) is 0 Å². The van der Waals surface area contributed by atoms with Crippen LogP contribution in [0.2, 0.25) is 0 Å². The zero-order valence-electron chi connectivity index (χ0n) is 14.2. The fourth-order valence-electron chi connectivity index (χ4n) is 4.55. The molecule has 2 aliphatic carbocycles. The number of piperidine rings is 1. The van der Waals surface area contributed by atoms with E-state index in [-0.39, 0.29) is 5.82 Å². The average Bonchev–Trinajstić information content (AvgIpc) is 3.17. The van der Waals surface area contributed by atoms with Crippen LogP contribution in [0.5, 0.6) is 0 Å². The van der Waals surface area contributed by atoms with E-state index in [1.54, 1.807) is 44.2 Å². The van der Waals surface area contributed by atoms with Gasteiger partial charge in [-0.05, 0) is 87.3 Å². The van der Waals surface area contributed by atoms with E-state index in [2.05, 4.69) is 18.9 Å². The van der Waals surface area contributed by atoms with Crippen LogP contribution in [-0.4, -0.2) is 25.0 Å². The summed E-state index contributed by atoms with van der Waals surface area (Å²) < 4.78 is 13.2. The Hall–Kier alpha value is -0.890. The molecule has 2 saturated carbocycles. The highest BCUT2D eigenvalue weighted by atomic mass is 19.1. The van der Waals surface area contributed by atoms with Crippen molar-refractivity contribution in [2.45, 2.75) is 57.8 Å². The number of nitrogens with zero attached hydrogens (tertiary/aromatic N) is 1. The zero-order chi connectivity index (χ0) is 15.5. The van der Waals surface area contributed by atoms with E-state index in [9.17, 15) is 4.39 Å². The van der Waals surface area contributed by atoms with Crippen LogP contribution < -0.4 is 0 Å². The lowest BCUT2D eigenvalue weighted by Crippen LogP contribution is -2.29. The molecule has 1 nitrogen and oxygen atoms in total. The van der Waals surface area contributed by atoms with Crippen molar-refractivity contribution < 1.29 is 4.39 Å². The maximum atomic E-state index is 13.2. The lowest BCUT2D eigenvalue weighted by molar-refractivity contribution is 0.255. The highest BCUT2D eigenvalue weighted by Crippen LogP contribution is 2.43. The third kappa shape index (κ3) is 3.90. The summed E-state index contributed by atoms with van der Waals surface area (Å²) in [5, 5.41) is 0. The SMILES string of the molecule is C1CC2CCC1C2.Cc1ccc(F)cc1C1CCN(C)CC1. The quantitative estimate of drug-likeness (QED) is 0.694. The van der Waals surface area contributed by atoms with E-state index < -0.39 is 0 Å². The standard InChI is InChI=1S/C13H18FN.C7H12/c1-10-3-4-12(14)9-13(10)11-5-7-15(2)8-6-11;1-2-7-4-3-6(1)5-7/h3-4,9,11H,5-8H2,1-2H3;6-7H,1-5H2. The number of fused-ring (bicyclic) bond motifs is 2. The first-order chi connectivity index (χ1) is 10.6. The van der Waals surface area contributed by atoms with Gasteiger partial charge in [0.05, 0.1) is 0 Å². The third-order valence-electron chi connectivity index (χ3n) is 6.03. The molecule has 0 spiro atoms. The van der Waals surface area contributed by atoms with Gasteiger partial charge in [0.15, 0.2) is 0 Å². The fourth-order valence-corrected chi connectivity index (χ4v) is 4.55. The smallest absolute Gasteiger partial charge is 0.123 e. The third-order valence-corrected chi connectivity index (χ3v) is 6.03. The Kier molecular flexibility index (Phi) is 5.18. The van der Waals surface area contributed by atoms with Gasteiger partial charge < -0.3 is 4.90 Å². The van der Waals surface area contributed by atoms with Gasteiger partial charge in [0.1, 0.15) is 5.82 Å². The van der Waals surface area contributed by atoms with Gasteiger partial charge in [-0.3, -0.25) is 0 Å². The number of likely N-dealkylation sites (tertiary alicyclic amines) is 1. The number of aryl methyl sites for hydroxylation is 1. The number of halogens is 1. The lowest BCUT2D eigenvalue weighted by atomic mass is 9.87. The molecule has 2 heteroatoms. The monoisotopic (exact) mass is 303 g/mol. The van der Waals surface area contributed by atoms with Crippen molar-refractivity contribution in [3.05, 3.63) is 35.1 Å². The maximum absolute atomic E-state index is 13.2. The van der Waals surface area contributed by atoms with Crippen molar-refractivity contribution in [3.63, 3.8) is 0 Å². The first kappa shape index (κ1) is 16.0. The van der Waals surface area contributed by atoms with E-state index in [4.69, 9.17) is 0 Å². The van der Waals surface area contributed by atoms with Gasteiger partial charge in [0, 0.05) is 0 Å². The van der Waals surface area contributed by atoms with Crippen molar-refractivity contribution >= 4 is 0 Å². The highest BCUT2D eigenvalue weighted by molar-refractivity contribution is 5.30. The van der Waals surface area contributed by atoms with Crippen LogP contribution in [0.15, 0.2) is 18.2 Å². The predicted molar refractivity (Wildman–Crippen MR) is 90.7 cm³/mol. The molecule has 1 aliphatic heterocycles. The Bertz CT molecular complexity index is 472. The largest absolute Gasteiger partial charge is 0.306 e. The molecule has 2 bridgehead atoms. The molecular weight excluding hydrogens is 273 g/mol. The van der Waals surface area contributed by atoms with Crippen molar-refractivity contribution in [1.29, 1.82) is 0 Å². The van der Waals surface area contributed by atoms with Gasteiger partial charge >= 0.3 is 0 Å². The maximum Gasteiger partial charge on any atom is 0.123 e. The first-order valence-electron chi connectivity index (χ1n) is 9.06. The summed E-state index contributed by atoms with van der Waals surface area (Å²) in [5.41, 5.74) is 2.44. The Morgan fingerprint density at radius 2 is 1.55 bits per heavy atom. The minimum absolute atomic E-state index is 0.102. The van der Waals surface area contributed by atoms with Crippen molar-refractivity contribution in [2.75, 3.05) is 20.1 Å². The molecule has 0 unspecified atom stereocenters. The van der Waals surface area contributed by atoms with Crippen LogP contribution >= 0.6 is 0 Å². The second kappa shape index (κ2) is 7.12. The van der Waals surface area contributed by atoms with Gasteiger partial charge in [-0.15, -0.1) is 0 Å². The van der Waals surface area contributed by atoms with Gasteiger partial charge in [-0.1, -0.05) is 31.7 Å². The van der Waals surface area contributed by atoms with E-state index in [1.165, 1.54) is 23.0 Å². The Labute approximate surface area is 134 Å². The minimum Gasteiger partial charge on any atom is -0.306 e. The molecule has 122 valence electrons.